The van der Waals surface area contributed by atoms with Crippen molar-refractivity contribution in [1.29, 1.82) is 0 Å². The summed E-state index contributed by atoms with van der Waals surface area (Å²) in [5, 5.41) is 0. The molecule has 1 radical (unpaired) electrons. The molecule has 1 nitrogen and oxygen atoms in total. The Morgan fingerprint density at radius 3 is 3.31 bits per heavy atom. The van der Waals surface area contributed by atoms with Gasteiger partial charge in [0, 0.05) is 5.92 Å². The maximum atomic E-state index is 5.65. The molecule has 0 amide bonds. The Hall–Kier alpha value is -0.630. The standard InChI is InChI=1S/C11H13OS/c1-2-4-11(5-3-1)12-8-10-6-7-13-9-10/h1-2,4-5,10H,6-9H2. The molecule has 0 saturated carbocycles. The van der Waals surface area contributed by atoms with Gasteiger partial charge in [0.1, 0.15) is 5.75 Å². The highest BCUT2D eigenvalue weighted by Gasteiger charge is 2.15. The van der Waals surface area contributed by atoms with E-state index < -0.39 is 0 Å². The van der Waals surface area contributed by atoms with E-state index >= 15 is 0 Å². The molecule has 13 heavy (non-hydrogen) atoms. The van der Waals surface area contributed by atoms with E-state index in [-0.39, 0.29) is 0 Å². The minimum Gasteiger partial charge on any atom is -0.493 e. The molecular formula is C11H13OS. The Morgan fingerprint density at radius 1 is 1.62 bits per heavy atom. The zero-order valence-corrected chi connectivity index (χ0v) is 8.35. The summed E-state index contributed by atoms with van der Waals surface area (Å²) < 4.78 is 5.65. The molecule has 2 heteroatoms. The first-order valence-corrected chi connectivity index (χ1v) is 5.77. The number of rotatable bonds is 3. The predicted molar refractivity (Wildman–Crippen MR) is 56.2 cm³/mol. The fourth-order valence-electron chi connectivity index (χ4n) is 1.40. The van der Waals surface area contributed by atoms with Crippen LogP contribution in [-0.4, -0.2) is 18.1 Å². The van der Waals surface area contributed by atoms with E-state index in [0.29, 0.717) is 0 Å². The molecule has 1 aliphatic heterocycles. The van der Waals surface area contributed by atoms with Crippen molar-refractivity contribution in [3.8, 4) is 5.75 Å². The number of hydrogen-bond acceptors (Lipinski definition) is 2. The summed E-state index contributed by atoms with van der Waals surface area (Å²) in [4.78, 5) is 0. The van der Waals surface area contributed by atoms with Gasteiger partial charge in [0.2, 0.25) is 0 Å². The zero-order chi connectivity index (χ0) is 8.93. The van der Waals surface area contributed by atoms with Gasteiger partial charge in [-0.05, 0) is 36.1 Å². The van der Waals surface area contributed by atoms with Crippen LogP contribution in [-0.2, 0) is 0 Å². The van der Waals surface area contributed by atoms with Crippen molar-refractivity contribution in [3.05, 3.63) is 30.3 Å². The summed E-state index contributed by atoms with van der Waals surface area (Å²) in [6, 6.07) is 10.7. The summed E-state index contributed by atoms with van der Waals surface area (Å²) in [7, 11) is 0. The van der Waals surface area contributed by atoms with Crippen LogP contribution in [0.2, 0.25) is 0 Å². The molecule has 1 unspecified atom stereocenters. The third kappa shape index (κ3) is 2.66. The minimum atomic E-state index is 0.755. The van der Waals surface area contributed by atoms with Crippen LogP contribution in [0.4, 0.5) is 0 Å². The first kappa shape index (κ1) is 8.95. The van der Waals surface area contributed by atoms with Crippen LogP contribution in [0.25, 0.3) is 0 Å². The molecule has 2 rings (SSSR count). The molecule has 1 aliphatic rings. The Balaban J connectivity index is 1.79. The van der Waals surface area contributed by atoms with Crippen molar-refractivity contribution in [2.45, 2.75) is 6.42 Å². The van der Waals surface area contributed by atoms with Crippen molar-refractivity contribution in [2.75, 3.05) is 18.1 Å². The van der Waals surface area contributed by atoms with E-state index in [4.69, 9.17) is 4.74 Å². The fourth-order valence-corrected chi connectivity index (χ4v) is 2.66. The van der Waals surface area contributed by atoms with Gasteiger partial charge in [-0.3, -0.25) is 0 Å². The number of benzene rings is 1. The summed E-state index contributed by atoms with van der Waals surface area (Å²) in [5.74, 6) is 4.26. The highest BCUT2D eigenvalue weighted by atomic mass is 32.2. The minimum absolute atomic E-state index is 0.755. The smallest absolute Gasteiger partial charge is 0.119 e. The Kier molecular flexibility index (Phi) is 3.14. The lowest BCUT2D eigenvalue weighted by Crippen LogP contribution is -2.10. The van der Waals surface area contributed by atoms with E-state index in [1.807, 2.05) is 36.0 Å². The molecule has 0 aromatic heterocycles. The van der Waals surface area contributed by atoms with E-state index in [1.54, 1.807) is 0 Å². The van der Waals surface area contributed by atoms with E-state index in [2.05, 4.69) is 6.07 Å². The van der Waals surface area contributed by atoms with Crippen LogP contribution in [0.5, 0.6) is 5.75 Å². The van der Waals surface area contributed by atoms with Gasteiger partial charge in [0.25, 0.3) is 0 Å². The topological polar surface area (TPSA) is 9.23 Å². The van der Waals surface area contributed by atoms with Crippen molar-refractivity contribution in [2.24, 2.45) is 5.92 Å². The molecule has 0 N–H and O–H groups in total. The monoisotopic (exact) mass is 193 g/mol. The van der Waals surface area contributed by atoms with Gasteiger partial charge in [-0.15, -0.1) is 0 Å². The third-order valence-corrected chi connectivity index (χ3v) is 3.42. The molecule has 69 valence electrons. The van der Waals surface area contributed by atoms with Gasteiger partial charge in [-0.1, -0.05) is 12.1 Å². The highest BCUT2D eigenvalue weighted by Crippen LogP contribution is 2.24. The lowest BCUT2D eigenvalue weighted by atomic mass is 10.1. The average molecular weight is 193 g/mol. The second kappa shape index (κ2) is 4.56. The zero-order valence-electron chi connectivity index (χ0n) is 7.53. The van der Waals surface area contributed by atoms with Gasteiger partial charge in [-0.2, -0.15) is 11.8 Å². The van der Waals surface area contributed by atoms with Crippen LogP contribution in [0.3, 0.4) is 0 Å². The maximum Gasteiger partial charge on any atom is 0.119 e. The molecule has 1 atom stereocenters. The summed E-state index contributed by atoms with van der Waals surface area (Å²) in [5.41, 5.74) is 0. The van der Waals surface area contributed by atoms with Crippen LogP contribution in [0, 0.1) is 12.0 Å². The third-order valence-electron chi connectivity index (χ3n) is 2.19. The second-order valence-electron chi connectivity index (χ2n) is 3.28. The normalized spacial score (nSPS) is 21.7. The summed E-state index contributed by atoms with van der Waals surface area (Å²) in [6.45, 7) is 0.866. The molecule has 1 fully saturated rings. The van der Waals surface area contributed by atoms with Crippen LogP contribution in [0.15, 0.2) is 24.3 Å². The molecule has 0 aliphatic carbocycles. The van der Waals surface area contributed by atoms with Gasteiger partial charge in [0.15, 0.2) is 0 Å². The van der Waals surface area contributed by atoms with E-state index in [9.17, 15) is 0 Å². The van der Waals surface area contributed by atoms with E-state index in [0.717, 1.165) is 18.3 Å². The lowest BCUT2D eigenvalue weighted by Gasteiger charge is -2.09. The van der Waals surface area contributed by atoms with Crippen molar-refractivity contribution >= 4 is 11.8 Å². The Bertz CT molecular complexity index is 242. The number of thioether (sulfide) groups is 1. The van der Waals surface area contributed by atoms with Gasteiger partial charge >= 0.3 is 0 Å². The predicted octanol–water partition coefficient (Wildman–Crippen LogP) is 2.62. The second-order valence-corrected chi connectivity index (χ2v) is 4.43. The lowest BCUT2D eigenvalue weighted by molar-refractivity contribution is 0.263. The first-order valence-electron chi connectivity index (χ1n) is 4.62. The first-order chi connectivity index (χ1) is 6.45. The maximum absolute atomic E-state index is 5.65. The van der Waals surface area contributed by atoms with Gasteiger partial charge in [0.05, 0.1) is 6.61 Å². The Morgan fingerprint density at radius 2 is 2.62 bits per heavy atom. The summed E-state index contributed by atoms with van der Waals surface area (Å²) in [6.07, 6.45) is 1.31. The summed E-state index contributed by atoms with van der Waals surface area (Å²) >= 11 is 2.03. The molecule has 1 saturated heterocycles. The highest BCUT2D eigenvalue weighted by molar-refractivity contribution is 7.99. The fraction of sp³-hybridized carbons (Fsp3) is 0.455. The van der Waals surface area contributed by atoms with Crippen LogP contribution >= 0.6 is 11.8 Å². The average Bonchev–Trinajstić information content (AvgIpc) is 2.69. The quantitative estimate of drug-likeness (QED) is 0.729. The van der Waals surface area contributed by atoms with Gasteiger partial charge in [-0.25, -0.2) is 0 Å². The van der Waals surface area contributed by atoms with Crippen molar-refractivity contribution in [1.82, 2.24) is 0 Å². The van der Waals surface area contributed by atoms with E-state index in [1.165, 1.54) is 17.9 Å². The molecular weight excluding hydrogens is 180 g/mol. The number of hydrogen-bond donors (Lipinski definition) is 0. The number of ether oxygens (including phenoxy) is 1. The van der Waals surface area contributed by atoms with Crippen molar-refractivity contribution < 1.29 is 4.74 Å². The van der Waals surface area contributed by atoms with Crippen LogP contribution in [0.1, 0.15) is 6.42 Å². The molecule has 1 heterocycles. The Labute approximate surface area is 83.5 Å². The van der Waals surface area contributed by atoms with Crippen molar-refractivity contribution in [3.63, 3.8) is 0 Å². The molecule has 0 bridgehead atoms. The van der Waals surface area contributed by atoms with Crippen LogP contribution < -0.4 is 4.74 Å². The molecule has 0 spiro atoms. The molecule has 1 aromatic rings. The SMILES string of the molecule is [c]1cccc(OCC2CCSC2)c1. The molecule has 1 aromatic carbocycles. The van der Waals surface area contributed by atoms with Gasteiger partial charge < -0.3 is 4.74 Å². The largest absolute Gasteiger partial charge is 0.493 e.